The van der Waals surface area contributed by atoms with E-state index in [9.17, 15) is 0 Å². The molecule has 2 aliphatic heterocycles. The first-order chi connectivity index (χ1) is 12.8. The van der Waals surface area contributed by atoms with Crippen molar-refractivity contribution in [2.45, 2.75) is 25.4 Å². The summed E-state index contributed by atoms with van der Waals surface area (Å²) < 4.78 is 5.45. The van der Waals surface area contributed by atoms with Gasteiger partial charge in [-0.05, 0) is 24.4 Å². The number of hydrogen-bond donors (Lipinski definition) is 0. The molecule has 0 N–H and O–H groups in total. The molecule has 0 spiro atoms. The van der Waals surface area contributed by atoms with Crippen molar-refractivity contribution in [3.8, 4) is 0 Å². The molecule has 4 heterocycles. The van der Waals surface area contributed by atoms with Crippen molar-refractivity contribution in [3.05, 3.63) is 10.3 Å². The molecule has 9 heteroatoms. The van der Waals surface area contributed by atoms with Gasteiger partial charge in [0.15, 0.2) is 10.6 Å². The Morgan fingerprint density at radius 3 is 2.50 bits per heavy atom. The maximum atomic E-state index is 6.18. The van der Waals surface area contributed by atoms with E-state index >= 15 is 0 Å². The van der Waals surface area contributed by atoms with E-state index in [2.05, 4.69) is 24.7 Å². The van der Waals surface area contributed by atoms with Gasteiger partial charge in [0.2, 0.25) is 5.28 Å². The number of anilines is 1. The number of nitrogens with zero attached hydrogens (tertiary/aromatic N) is 6. The van der Waals surface area contributed by atoms with Crippen molar-refractivity contribution >= 4 is 39.1 Å². The van der Waals surface area contributed by atoms with Gasteiger partial charge in [-0.15, -0.1) is 0 Å². The molecule has 0 amide bonds. The van der Waals surface area contributed by atoms with Crippen molar-refractivity contribution in [1.82, 2.24) is 24.8 Å². The Hall–Kier alpha value is -1.06. The maximum absolute atomic E-state index is 6.18. The molecule has 2 aromatic heterocycles. The average Bonchev–Trinajstić information content (AvgIpc) is 3.43. The fourth-order valence-electron chi connectivity index (χ4n) is 3.81. The zero-order valence-electron chi connectivity index (χ0n) is 14.7. The monoisotopic (exact) mass is 394 g/mol. The topological polar surface area (TPSA) is 57.6 Å². The lowest BCUT2D eigenvalue weighted by atomic mass is 10.3. The van der Waals surface area contributed by atoms with E-state index < -0.39 is 0 Å². The highest BCUT2D eigenvalue weighted by atomic mass is 35.5. The molecular formula is C17H23ClN6OS. The zero-order valence-corrected chi connectivity index (χ0v) is 16.3. The van der Waals surface area contributed by atoms with Crippen LogP contribution in [0, 0.1) is 0 Å². The Bertz CT molecular complexity index is 783. The minimum atomic E-state index is 0.298. The highest BCUT2D eigenvalue weighted by Crippen LogP contribution is 2.31. The highest BCUT2D eigenvalue weighted by Gasteiger charge is 2.31. The van der Waals surface area contributed by atoms with Crippen LogP contribution in [0.25, 0.3) is 10.3 Å². The smallest absolute Gasteiger partial charge is 0.225 e. The Morgan fingerprint density at radius 1 is 1.00 bits per heavy atom. The Labute approximate surface area is 161 Å². The number of ether oxygens (including phenoxy) is 1. The van der Waals surface area contributed by atoms with Gasteiger partial charge in [0.25, 0.3) is 0 Å². The summed E-state index contributed by atoms with van der Waals surface area (Å²) in [5.74, 6) is 0.851. The molecule has 0 aromatic carbocycles. The van der Waals surface area contributed by atoms with Crippen LogP contribution in [0.5, 0.6) is 0 Å². The van der Waals surface area contributed by atoms with Crippen LogP contribution < -0.4 is 4.90 Å². The van der Waals surface area contributed by atoms with E-state index in [1.165, 1.54) is 25.9 Å². The first kappa shape index (κ1) is 17.1. The molecule has 2 aromatic rings. The standard InChI is InChI=1S/C17H23ClN6OS/c18-17-20-15(24-7-9-25-10-8-24)14-16(21-17)26-13(19-14)11-22-3-5-23(6-4-22)12-1-2-12/h12H,1-11H2. The minimum absolute atomic E-state index is 0.298. The number of piperazine rings is 1. The second-order valence-electron chi connectivity index (χ2n) is 7.22. The third-order valence-electron chi connectivity index (χ3n) is 5.40. The predicted octanol–water partition coefficient (Wildman–Crippen LogP) is 1.86. The van der Waals surface area contributed by atoms with Gasteiger partial charge in [-0.1, -0.05) is 11.3 Å². The molecule has 0 radical (unpaired) electrons. The van der Waals surface area contributed by atoms with E-state index in [1.807, 2.05) is 0 Å². The fourth-order valence-corrected chi connectivity index (χ4v) is 4.99. The van der Waals surface area contributed by atoms with Crippen LogP contribution >= 0.6 is 22.9 Å². The second-order valence-corrected chi connectivity index (χ2v) is 8.62. The average molecular weight is 395 g/mol. The fraction of sp³-hybridized carbons (Fsp3) is 0.706. The summed E-state index contributed by atoms with van der Waals surface area (Å²) in [6.45, 7) is 8.55. The lowest BCUT2D eigenvalue weighted by Gasteiger charge is -2.34. The number of aromatic nitrogens is 3. The normalized spacial score (nSPS) is 23.0. The Morgan fingerprint density at radius 2 is 1.77 bits per heavy atom. The number of thiazole rings is 1. The number of rotatable bonds is 4. The number of morpholine rings is 1. The predicted molar refractivity (Wildman–Crippen MR) is 103 cm³/mol. The van der Waals surface area contributed by atoms with Gasteiger partial charge in [-0.25, -0.2) is 9.97 Å². The van der Waals surface area contributed by atoms with Crippen LogP contribution in [0.3, 0.4) is 0 Å². The van der Waals surface area contributed by atoms with Crippen LogP contribution in [0.2, 0.25) is 5.28 Å². The summed E-state index contributed by atoms with van der Waals surface area (Å²) in [6.07, 6.45) is 2.78. The van der Waals surface area contributed by atoms with Crippen LogP contribution in [0.15, 0.2) is 0 Å². The SMILES string of the molecule is Clc1nc(N2CCOCC2)c2nc(CN3CCN(C4CC4)CC3)sc2n1. The van der Waals surface area contributed by atoms with Crippen LogP contribution in [0.4, 0.5) is 5.82 Å². The Balaban J connectivity index is 1.34. The molecular weight excluding hydrogens is 372 g/mol. The van der Waals surface area contributed by atoms with Crippen LogP contribution in [-0.4, -0.2) is 83.3 Å². The van der Waals surface area contributed by atoms with E-state index in [-0.39, 0.29) is 0 Å². The van der Waals surface area contributed by atoms with Gasteiger partial charge in [0.1, 0.15) is 10.5 Å². The minimum Gasteiger partial charge on any atom is -0.378 e. The molecule has 7 nitrogen and oxygen atoms in total. The maximum Gasteiger partial charge on any atom is 0.225 e. The molecule has 2 saturated heterocycles. The molecule has 1 aliphatic carbocycles. The third kappa shape index (κ3) is 3.53. The van der Waals surface area contributed by atoms with E-state index in [0.29, 0.717) is 18.5 Å². The number of fused-ring (bicyclic) bond motifs is 1. The first-order valence-corrected chi connectivity index (χ1v) is 10.6. The highest BCUT2D eigenvalue weighted by molar-refractivity contribution is 7.18. The molecule has 140 valence electrons. The lowest BCUT2D eigenvalue weighted by molar-refractivity contribution is 0.121. The molecule has 3 aliphatic rings. The molecule has 0 atom stereocenters. The summed E-state index contributed by atoms with van der Waals surface area (Å²) in [6, 6.07) is 0.869. The number of hydrogen-bond acceptors (Lipinski definition) is 8. The van der Waals surface area contributed by atoms with E-state index in [1.54, 1.807) is 11.3 Å². The van der Waals surface area contributed by atoms with Crippen molar-refractivity contribution in [3.63, 3.8) is 0 Å². The van der Waals surface area contributed by atoms with Gasteiger partial charge >= 0.3 is 0 Å². The van der Waals surface area contributed by atoms with Gasteiger partial charge in [-0.2, -0.15) is 4.98 Å². The quantitative estimate of drug-likeness (QED) is 0.733. The summed E-state index contributed by atoms with van der Waals surface area (Å²) in [5.41, 5.74) is 0.882. The largest absolute Gasteiger partial charge is 0.378 e. The van der Waals surface area contributed by atoms with Gasteiger partial charge in [0.05, 0.1) is 19.8 Å². The molecule has 5 rings (SSSR count). The van der Waals surface area contributed by atoms with Crippen LogP contribution in [-0.2, 0) is 11.3 Å². The second kappa shape index (κ2) is 7.16. The summed E-state index contributed by atoms with van der Waals surface area (Å²) >= 11 is 7.82. The van der Waals surface area contributed by atoms with E-state index in [4.69, 9.17) is 21.3 Å². The first-order valence-electron chi connectivity index (χ1n) is 9.38. The lowest BCUT2D eigenvalue weighted by Crippen LogP contribution is -2.46. The Kier molecular flexibility index (Phi) is 4.70. The summed E-state index contributed by atoms with van der Waals surface area (Å²) in [5, 5.41) is 1.40. The van der Waals surface area contributed by atoms with Gasteiger partial charge in [-0.3, -0.25) is 9.80 Å². The van der Waals surface area contributed by atoms with Gasteiger partial charge < -0.3 is 9.64 Å². The number of halogens is 1. The third-order valence-corrected chi connectivity index (χ3v) is 6.50. The van der Waals surface area contributed by atoms with Crippen molar-refractivity contribution < 1.29 is 4.74 Å². The van der Waals surface area contributed by atoms with E-state index in [0.717, 1.165) is 59.9 Å². The van der Waals surface area contributed by atoms with Crippen LogP contribution in [0.1, 0.15) is 17.8 Å². The zero-order chi connectivity index (χ0) is 17.5. The van der Waals surface area contributed by atoms with Crippen molar-refractivity contribution in [1.29, 1.82) is 0 Å². The van der Waals surface area contributed by atoms with Crippen molar-refractivity contribution in [2.75, 3.05) is 57.4 Å². The molecule has 26 heavy (non-hydrogen) atoms. The van der Waals surface area contributed by atoms with Crippen molar-refractivity contribution in [2.24, 2.45) is 0 Å². The summed E-state index contributed by atoms with van der Waals surface area (Å²) in [7, 11) is 0. The molecule has 1 saturated carbocycles. The van der Waals surface area contributed by atoms with Gasteiger partial charge in [0, 0.05) is 45.3 Å². The molecule has 0 unspecified atom stereocenters. The summed E-state index contributed by atoms with van der Waals surface area (Å²) in [4.78, 5) is 22.0. The molecule has 0 bridgehead atoms. The molecule has 3 fully saturated rings.